The summed E-state index contributed by atoms with van der Waals surface area (Å²) in [4.78, 5) is 24.2. The van der Waals surface area contributed by atoms with Crippen LogP contribution in [-0.2, 0) is 4.74 Å². The average Bonchev–Trinajstić information content (AvgIpc) is 2.40. The maximum Gasteiger partial charge on any atom is 0.339 e. The molecule has 0 saturated heterocycles. The Bertz CT molecular complexity index is 504. The molecule has 0 fully saturated rings. The number of aromatic hydroxyl groups is 1. The Morgan fingerprint density at radius 2 is 2.10 bits per heavy atom. The highest BCUT2D eigenvalue weighted by Gasteiger charge is 2.19. The molecule has 0 aliphatic rings. The Morgan fingerprint density at radius 1 is 1.45 bits per heavy atom. The van der Waals surface area contributed by atoms with Gasteiger partial charge in [-0.2, -0.15) is 0 Å². The molecule has 0 saturated carbocycles. The Balaban J connectivity index is 2.86. The maximum absolute atomic E-state index is 12.0. The number of anilines is 1. The summed E-state index contributed by atoms with van der Waals surface area (Å²) in [5.74, 6) is -1.74. The number of carboxylic acid groups (broad SMARTS) is 1. The lowest BCUT2D eigenvalue weighted by molar-refractivity contribution is 0.0693. The number of carbonyl (C=O) groups is 2. The van der Waals surface area contributed by atoms with Crippen molar-refractivity contribution in [2.75, 3.05) is 26.1 Å². The number of nitrogens with one attached hydrogen (secondary N) is 1. The number of carbonyl (C=O) groups excluding carboxylic acids is 1. The van der Waals surface area contributed by atoms with Gasteiger partial charge in [0.1, 0.15) is 5.56 Å². The van der Waals surface area contributed by atoms with Crippen LogP contribution in [0.2, 0.25) is 0 Å². The van der Waals surface area contributed by atoms with Crippen LogP contribution < -0.4 is 5.32 Å². The zero-order valence-electron chi connectivity index (χ0n) is 11.6. The molecule has 20 heavy (non-hydrogen) atoms. The fraction of sp³-hybridized carbons (Fsp3) is 0.385. The molecular weight excluding hydrogens is 264 g/mol. The number of hydrogen-bond donors (Lipinski definition) is 3. The average molecular weight is 282 g/mol. The lowest BCUT2D eigenvalue weighted by Crippen LogP contribution is -2.40. The largest absolute Gasteiger partial charge is 0.505 e. The van der Waals surface area contributed by atoms with Crippen molar-refractivity contribution in [2.24, 2.45) is 0 Å². The molecule has 0 aliphatic carbocycles. The van der Waals surface area contributed by atoms with Crippen LogP contribution in [-0.4, -0.2) is 53.9 Å². The molecule has 0 spiro atoms. The summed E-state index contributed by atoms with van der Waals surface area (Å²) >= 11 is 0. The van der Waals surface area contributed by atoms with Gasteiger partial charge in [0.25, 0.3) is 0 Å². The van der Waals surface area contributed by atoms with Gasteiger partial charge < -0.3 is 25.2 Å². The molecule has 2 amide bonds. The van der Waals surface area contributed by atoms with E-state index in [-0.39, 0.29) is 17.3 Å². The highest BCUT2D eigenvalue weighted by atomic mass is 16.5. The molecule has 0 bridgehead atoms. The minimum atomic E-state index is -1.26. The number of urea groups is 1. The van der Waals surface area contributed by atoms with Crippen molar-refractivity contribution in [1.29, 1.82) is 0 Å². The Morgan fingerprint density at radius 3 is 2.65 bits per heavy atom. The van der Waals surface area contributed by atoms with Crippen molar-refractivity contribution in [3.63, 3.8) is 0 Å². The number of para-hydroxylation sites is 1. The molecule has 0 radical (unpaired) electrons. The predicted octanol–water partition coefficient (Wildman–Crippen LogP) is 1.59. The molecule has 1 aromatic carbocycles. The van der Waals surface area contributed by atoms with Crippen LogP contribution in [0.15, 0.2) is 18.2 Å². The van der Waals surface area contributed by atoms with E-state index in [1.807, 2.05) is 0 Å². The molecule has 1 unspecified atom stereocenters. The van der Waals surface area contributed by atoms with E-state index in [0.717, 1.165) is 0 Å². The van der Waals surface area contributed by atoms with Crippen LogP contribution in [0.5, 0.6) is 5.75 Å². The Labute approximate surface area is 116 Å². The van der Waals surface area contributed by atoms with Gasteiger partial charge in [0.2, 0.25) is 0 Å². The maximum atomic E-state index is 12.0. The molecule has 110 valence electrons. The van der Waals surface area contributed by atoms with Crippen LogP contribution in [0.1, 0.15) is 17.3 Å². The van der Waals surface area contributed by atoms with E-state index in [1.165, 1.54) is 30.2 Å². The second kappa shape index (κ2) is 6.76. The van der Waals surface area contributed by atoms with E-state index in [2.05, 4.69) is 5.32 Å². The molecule has 1 aromatic rings. The first-order valence-electron chi connectivity index (χ1n) is 5.96. The standard InChI is InChI=1S/C13H18N2O5/c1-8(7-20-3)15(2)13(19)14-10-6-4-5-9(11(10)16)12(17)18/h4-6,8,16H,7H2,1-3H3,(H,14,19)(H,17,18). The topological polar surface area (TPSA) is 99.1 Å². The highest BCUT2D eigenvalue weighted by Crippen LogP contribution is 2.27. The van der Waals surface area contributed by atoms with Crippen LogP contribution in [0.4, 0.5) is 10.5 Å². The quantitative estimate of drug-likeness (QED) is 0.712. The number of phenols is 1. The molecule has 7 heteroatoms. The van der Waals surface area contributed by atoms with E-state index in [9.17, 15) is 14.7 Å². The van der Waals surface area contributed by atoms with Crippen molar-refractivity contribution >= 4 is 17.7 Å². The molecular formula is C13H18N2O5. The van der Waals surface area contributed by atoms with Gasteiger partial charge in [0.15, 0.2) is 5.75 Å². The Hall–Kier alpha value is -2.28. The van der Waals surface area contributed by atoms with Crippen LogP contribution in [0.3, 0.4) is 0 Å². The first-order chi connectivity index (χ1) is 9.38. The summed E-state index contributed by atoms with van der Waals surface area (Å²) in [6.45, 7) is 2.17. The first kappa shape index (κ1) is 15.8. The fourth-order valence-electron chi connectivity index (χ4n) is 1.57. The monoisotopic (exact) mass is 282 g/mol. The molecule has 0 heterocycles. The summed E-state index contributed by atoms with van der Waals surface area (Å²) in [7, 11) is 3.11. The van der Waals surface area contributed by atoms with Crippen LogP contribution in [0.25, 0.3) is 0 Å². The third-order valence-corrected chi connectivity index (χ3v) is 2.90. The zero-order valence-corrected chi connectivity index (χ0v) is 11.6. The van der Waals surface area contributed by atoms with Gasteiger partial charge in [-0.25, -0.2) is 9.59 Å². The van der Waals surface area contributed by atoms with E-state index >= 15 is 0 Å². The number of likely N-dealkylation sites (N-methyl/N-ethyl adjacent to an activating group) is 1. The van der Waals surface area contributed by atoms with Crippen molar-refractivity contribution in [3.05, 3.63) is 23.8 Å². The van der Waals surface area contributed by atoms with Crippen molar-refractivity contribution < 1.29 is 24.5 Å². The Kier molecular flexibility index (Phi) is 5.33. The normalized spacial score (nSPS) is 11.8. The third-order valence-electron chi connectivity index (χ3n) is 2.90. The predicted molar refractivity (Wildman–Crippen MR) is 73.2 cm³/mol. The van der Waals surface area contributed by atoms with Gasteiger partial charge >= 0.3 is 12.0 Å². The number of methoxy groups -OCH3 is 1. The van der Waals surface area contributed by atoms with E-state index in [0.29, 0.717) is 6.61 Å². The van der Waals surface area contributed by atoms with Crippen molar-refractivity contribution in [3.8, 4) is 5.75 Å². The minimum Gasteiger partial charge on any atom is -0.505 e. The third kappa shape index (κ3) is 3.61. The number of rotatable bonds is 5. The number of nitrogens with zero attached hydrogens (tertiary/aromatic N) is 1. The highest BCUT2D eigenvalue weighted by molar-refractivity contribution is 5.97. The van der Waals surface area contributed by atoms with Gasteiger partial charge in [0, 0.05) is 14.2 Å². The molecule has 0 aliphatic heterocycles. The lowest BCUT2D eigenvalue weighted by Gasteiger charge is -2.24. The van der Waals surface area contributed by atoms with E-state index in [1.54, 1.807) is 14.0 Å². The second-order valence-corrected chi connectivity index (χ2v) is 4.35. The number of carboxylic acids is 1. The molecule has 0 aromatic heterocycles. The summed E-state index contributed by atoms with van der Waals surface area (Å²) < 4.78 is 4.95. The minimum absolute atomic E-state index is 0.0476. The van der Waals surface area contributed by atoms with E-state index in [4.69, 9.17) is 9.84 Å². The molecule has 1 atom stereocenters. The number of benzene rings is 1. The van der Waals surface area contributed by atoms with Gasteiger partial charge in [-0.05, 0) is 19.1 Å². The molecule has 3 N–H and O–H groups in total. The van der Waals surface area contributed by atoms with Gasteiger partial charge in [-0.15, -0.1) is 0 Å². The number of amides is 2. The number of hydrogen-bond acceptors (Lipinski definition) is 4. The zero-order chi connectivity index (χ0) is 15.3. The van der Waals surface area contributed by atoms with Crippen LogP contribution >= 0.6 is 0 Å². The van der Waals surface area contributed by atoms with Gasteiger partial charge in [-0.1, -0.05) is 6.07 Å². The molecule has 7 nitrogen and oxygen atoms in total. The summed E-state index contributed by atoms with van der Waals surface area (Å²) in [6.07, 6.45) is 0. The summed E-state index contributed by atoms with van der Waals surface area (Å²) in [5.41, 5.74) is -0.221. The van der Waals surface area contributed by atoms with Crippen molar-refractivity contribution in [2.45, 2.75) is 13.0 Å². The SMILES string of the molecule is COCC(C)N(C)C(=O)Nc1cccc(C(=O)O)c1O. The van der Waals surface area contributed by atoms with Gasteiger partial charge in [0.05, 0.1) is 18.3 Å². The van der Waals surface area contributed by atoms with Gasteiger partial charge in [-0.3, -0.25) is 0 Å². The van der Waals surface area contributed by atoms with E-state index < -0.39 is 17.7 Å². The smallest absolute Gasteiger partial charge is 0.339 e. The van der Waals surface area contributed by atoms with Crippen LogP contribution in [0, 0.1) is 0 Å². The second-order valence-electron chi connectivity index (χ2n) is 4.35. The summed E-state index contributed by atoms with van der Waals surface area (Å²) in [5, 5.41) is 21.1. The first-order valence-corrected chi connectivity index (χ1v) is 5.96. The number of aromatic carboxylic acids is 1. The fourth-order valence-corrected chi connectivity index (χ4v) is 1.57. The summed E-state index contributed by atoms with van der Waals surface area (Å²) in [6, 6.07) is 3.49. The lowest BCUT2D eigenvalue weighted by atomic mass is 10.1. The van der Waals surface area contributed by atoms with Crippen molar-refractivity contribution in [1.82, 2.24) is 4.90 Å². The molecule has 1 rings (SSSR count). The number of ether oxygens (including phenoxy) is 1.